The summed E-state index contributed by atoms with van der Waals surface area (Å²) in [5, 5.41) is 0.468. The third-order valence-electron chi connectivity index (χ3n) is 4.76. The van der Waals surface area contributed by atoms with E-state index in [0.29, 0.717) is 10.7 Å². The number of imidazole rings is 1. The summed E-state index contributed by atoms with van der Waals surface area (Å²) >= 11 is 6.45. The number of hydrogen-bond donors (Lipinski definition) is 0. The average Bonchev–Trinajstić information content (AvgIpc) is 3.04. The van der Waals surface area contributed by atoms with E-state index in [1.807, 2.05) is 6.33 Å². The molecule has 0 aliphatic heterocycles. The van der Waals surface area contributed by atoms with E-state index in [4.69, 9.17) is 16.6 Å². The van der Waals surface area contributed by atoms with Gasteiger partial charge in [-0.1, -0.05) is 70.9 Å². The molecular weight excluding hydrogens is 346 g/mol. The van der Waals surface area contributed by atoms with Gasteiger partial charge in [0.2, 0.25) is 5.95 Å². The molecule has 2 heterocycles. The van der Waals surface area contributed by atoms with Crippen molar-refractivity contribution in [1.82, 2.24) is 19.5 Å². The summed E-state index contributed by atoms with van der Waals surface area (Å²) in [6, 6.07) is 0. The summed E-state index contributed by atoms with van der Waals surface area (Å²) in [5.41, 5.74) is 1.58. The molecule has 26 heavy (non-hydrogen) atoms. The number of nitrogens with zero attached hydrogens (tertiary/aromatic N) is 5. The van der Waals surface area contributed by atoms with Crippen molar-refractivity contribution in [3.63, 3.8) is 0 Å². The van der Waals surface area contributed by atoms with Crippen LogP contribution in [0.3, 0.4) is 0 Å². The van der Waals surface area contributed by atoms with E-state index in [2.05, 4.69) is 40.2 Å². The summed E-state index contributed by atoms with van der Waals surface area (Å²) in [7, 11) is 0. The van der Waals surface area contributed by atoms with Crippen molar-refractivity contribution in [3.8, 4) is 0 Å². The first-order chi connectivity index (χ1) is 12.7. The molecule has 0 unspecified atom stereocenters. The predicted octanol–water partition coefficient (Wildman–Crippen LogP) is 5.86. The second-order valence-corrected chi connectivity index (χ2v) is 7.39. The number of fused-ring (bicyclic) bond motifs is 1. The Labute approximate surface area is 163 Å². The average molecular weight is 380 g/mol. The first kappa shape index (κ1) is 20.9. The number of halogens is 1. The van der Waals surface area contributed by atoms with Gasteiger partial charge in [-0.2, -0.15) is 9.97 Å². The van der Waals surface area contributed by atoms with Gasteiger partial charge >= 0.3 is 0 Å². The van der Waals surface area contributed by atoms with Gasteiger partial charge in [-0.15, -0.1) is 0 Å². The highest BCUT2D eigenvalue weighted by Gasteiger charge is 2.16. The zero-order chi connectivity index (χ0) is 18.8. The fraction of sp³-hybridized carbons (Fsp3) is 0.750. The molecule has 2 rings (SSSR count). The van der Waals surface area contributed by atoms with Gasteiger partial charge in [0.1, 0.15) is 5.52 Å². The molecule has 0 amide bonds. The quantitative estimate of drug-likeness (QED) is 0.323. The van der Waals surface area contributed by atoms with E-state index in [9.17, 15) is 0 Å². The number of unbranched alkanes of at least 4 members (excludes halogenated alkanes) is 6. The van der Waals surface area contributed by atoms with Gasteiger partial charge in [-0.05, 0) is 19.3 Å². The topological polar surface area (TPSA) is 46.8 Å². The van der Waals surface area contributed by atoms with Crippen LogP contribution in [0.15, 0.2) is 6.33 Å². The minimum Gasteiger partial charge on any atom is -0.341 e. The molecule has 146 valence electrons. The summed E-state index contributed by atoms with van der Waals surface area (Å²) in [6.07, 6.45) is 12.6. The first-order valence-corrected chi connectivity index (χ1v) is 10.7. The highest BCUT2D eigenvalue weighted by Crippen LogP contribution is 2.23. The number of rotatable bonds is 13. The van der Waals surface area contributed by atoms with Crippen molar-refractivity contribution in [2.45, 2.75) is 85.1 Å². The van der Waals surface area contributed by atoms with Crippen LogP contribution in [0.4, 0.5) is 5.95 Å². The molecule has 0 radical (unpaired) electrons. The fourth-order valence-electron chi connectivity index (χ4n) is 3.15. The van der Waals surface area contributed by atoms with Crippen LogP contribution in [-0.2, 0) is 6.54 Å². The summed E-state index contributed by atoms with van der Waals surface area (Å²) in [5.74, 6) is 0.756. The molecule has 0 aliphatic rings. The maximum Gasteiger partial charge on any atom is 0.228 e. The Bertz CT molecular complexity index is 645. The van der Waals surface area contributed by atoms with Crippen molar-refractivity contribution in [1.29, 1.82) is 0 Å². The zero-order valence-corrected chi connectivity index (χ0v) is 17.4. The smallest absolute Gasteiger partial charge is 0.228 e. The Morgan fingerprint density at radius 1 is 0.885 bits per heavy atom. The van der Waals surface area contributed by atoms with Crippen LogP contribution in [0.25, 0.3) is 11.2 Å². The molecule has 0 fully saturated rings. The van der Waals surface area contributed by atoms with Gasteiger partial charge in [0, 0.05) is 19.6 Å². The van der Waals surface area contributed by atoms with Crippen molar-refractivity contribution in [3.05, 3.63) is 11.5 Å². The Morgan fingerprint density at radius 3 is 2.12 bits per heavy atom. The molecule has 5 nitrogen and oxygen atoms in total. The lowest BCUT2D eigenvalue weighted by Gasteiger charge is -2.23. The predicted molar refractivity (Wildman–Crippen MR) is 111 cm³/mol. The zero-order valence-electron chi connectivity index (χ0n) is 16.7. The van der Waals surface area contributed by atoms with Crippen LogP contribution in [0.1, 0.15) is 78.6 Å². The van der Waals surface area contributed by atoms with Crippen LogP contribution < -0.4 is 4.90 Å². The molecule has 0 aromatic carbocycles. The van der Waals surface area contributed by atoms with Crippen molar-refractivity contribution < 1.29 is 0 Å². The number of aryl methyl sites for hydroxylation is 1. The third-order valence-corrected chi connectivity index (χ3v) is 5.02. The normalized spacial score (nSPS) is 11.4. The molecule has 0 spiro atoms. The Hall–Kier alpha value is -1.36. The molecule has 0 saturated heterocycles. The highest BCUT2D eigenvalue weighted by atomic mass is 35.5. The van der Waals surface area contributed by atoms with Gasteiger partial charge in [0.05, 0.1) is 6.33 Å². The van der Waals surface area contributed by atoms with Crippen LogP contribution in [0.2, 0.25) is 5.15 Å². The van der Waals surface area contributed by atoms with Crippen LogP contribution in [-0.4, -0.2) is 32.6 Å². The fourth-order valence-corrected chi connectivity index (χ4v) is 3.36. The van der Waals surface area contributed by atoms with Gasteiger partial charge in [0.15, 0.2) is 10.8 Å². The minimum atomic E-state index is 0.468. The lowest BCUT2D eigenvalue weighted by Crippen LogP contribution is -2.28. The van der Waals surface area contributed by atoms with E-state index in [1.165, 1.54) is 38.5 Å². The summed E-state index contributed by atoms with van der Waals surface area (Å²) in [4.78, 5) is 16.2. The van der Waals surface area contributed by atoms with Gasteiger partial charge in [0.25, 0.3) is 0 Å². The number of anilines is 1. The third kappa shape index (κ3) is 5.83. The van der Waals surface area contributed by atoms with E-state index in [-0.39, 0.29) is 0 Å². The summed E-state index contributed by atoms with van der Waals surface area (Å²) in [6.45, 7) is 9.59. The number of aromatic nitrogens is 4. The maximum atomic E-state index is 6.45. The van der Waals surface area contributed by atoms with Crippen LogP contribution in [0.5, 0.6) is 0 Å². The molecule has 0 aliphatic carbocycles. The molecule has 0 N–H and O–H groups in total. The largest absolute Gasteiger partial charge is 0.341 e. The molecule has 6 heteroatoms. The van der Waals surface area contributed by atoms with Gasteiger partial charge in [-0.3, -0.25) is 0 Å². The number of hydrogen-bond acceptors (Lipinski definition) is 4. The lowest BCUT2D eigenvalue weighted by molar-refractivity contribution is 0.607. The van der Waals surface area contributed by atoms with Gasteiger partial charge in [-0.25, -0.2) is 4.98 Å². The monoisotopic (exact) mass is 379 g/mol. The molecule has 0 bridgehead atoms. The standard InChI is InChI=1S/C20H34ClN5/c1-4-7-10-13-25(14-11-8-5-2)20-23-18(21)17-19(24-20)26(16-22-17)15-12-9-6-3/h16H,4-15H2,1-3H3. The molecular formula is C20H34ClN5. The van der Waals surface area contributed by atoms with E-state index >= 15 is 0 Å². The summed E-state index contributed by atoms with van der Waals surface area (Å²) < 4.78 is 2.12. The molecule has 2 aromatic rings. The second-order valence-electron chi connectivity index (χ2n) is 7.03. The second kappa shape index (κ2) is 11.4. The van der Waals surface area contributed by atoms with Crippen molar-refractivity contribution in [2.24, 2.45) is 0 Å². The highest BCUT2D eigenvalue weighted by molar-refractivity contribution is 6.33. The minimum absolute atomic E-state index is 0.468. The van der Waals surface area contributed by atoms with Gasteiger partial charge < -0.3 is 9.47 Å². The molecule has 2 aromatic heterocycles. The Morgan fingerprint density at radius 2 is 1.50 bits per heavy atom. The SMILES string of the molecule is CCCCCN(CCCCC)c1nc(Cl)c2ncn(CCCCC)c2n1. The Balaban J connectivity index is 2.23. The van der Waals surface area contributed by atoms with E-state index in [0.717, 1.165) is 50.5 Å². The van der Waals surface area contributed by atoms with E-state index in [1.54, 1.807) is 0 Å². The maximum absolute atomic E-state index is 6.45. The molecule has 0 atom stereocenters. The lowest BCUT2D eigenvalue weighted by atomic mass is 10.2. The molecule has 0 saturated carbocycles. The van der Waals surface area contributed by atoms with Crippen molar-refractivity contribution >= 4 is 28.7 Å². The van der Waals surface area contributed by atoms with Crippen LogP contribution >= 0.6 is 11.6 Å². The first-order valence-electron chi connectivity index (χ1n) is 10.3. The van der Waals surface area contributed by atoms with Crippen molar-refractivity contribution in [2.75, 3.05) is 18.0 Å². The van der Waals surface area contributed by atoms with E-state index < -0.39 is 0 Å². The Kier molecular flexibility index (Phi) is 9.16. The van der Waals surface area contributed by atoms with Crippen LogP contribution in [0, 0.1) is 0 Å².